The second-order valence-corrected chi connectivity index (χ2v) is 7.73. The molecule has 1 aromatic rings. The zero-order valence-electron chi connectivity index (χ0n) is 14.6. The van der Waals surface area contributed by atoms with E-state index >= 15 is 0 Å². The topological polar surface area (TPSA) is 26.0 Å². The second kappa shape index (κ2) is 8.57. The third-order valence-electron chi connectivity index (χ3n) is 5.93. The van der Waals surface area contributed by atoms with Gasteiger partial charge in [-0.15, -0.1) is 0 Å². The van der Waals surface area contributed by atoms with Crippen LogP contribution in [0.25, 0.3) is 0 Å². The van der Waals surface area contributed by atoms with Crippen LogP contribution in [0.1, 0.15) is 76.2 Å². The minimum absolute atomic E-state index is 0.896. The van der Waals surface area contributed by atoms with Crippen molar-refractivity contribution in [3.63, 3.8) is 0 Å². The number of benzene rings is 1. The first-order chi connectivity index (χ1) is 11.3. The van der Waals surface area contributed by atoms with Crippen LogP contribution in [-0.4, -0.2) is 0 Å². The smallest absolute Gasteiger partial charge is 0.0316 e. The van der Waals surface area contributed by atoms with Gasteiger partial charge in [-0.2, -0.15) is 0 Å². The minimum Gasteiger partial charge on any atom is -0.399 e. The molecule has 0 aromatic heterocycles. The standard InChI is InChI=1S/C22H33N/c23-22-11-7-10-18(17-22)8-5-3-1-2-4-6-9-19-12-13-20-14-15-21(20)16-19/h7,10-11,16-17,20-21H,1-6,8-9,12-15,23H2/t20-,21?/m0/s1. The van der Waals surface area contributed by atoms with Crippen molar-refractivity contribution in [1.29, 1.82) is 0 Å². The molecule has 2 N–H and O–H groups in total. The van der Waals surface area contributed by atoms with Crippen molar-refractivity contribution in [3.8, 4) is 0 Å². The molecule has 23 heavy (non-hydrogen) atoms. The Balaban J connectivity index is 1.19. The Hall–Kier alpha value is -1.24. The maximum absolute atomic E-state index is 5.82. The van der Waals surface area contributed by atoms with Crippen LogP contribution in [0.4, 0.5) is 5.69 Å². The number of anilines is 1. The van der Waals surface area contributed by atoms with E-state index in [0.717, 1.165) is 17.5 Å². The van der Waals surface area contributed by atoms with E-state index in [4.69, 9.17) is 5.73 Å². The summed E-state index contributed by atoms with van der Waals surface area (Å²) in [6, 6.07) is 8.35. The molecule has 1 nitrogen and oxygen atoms in total. The quantitative estimate of drug-likeness (QED) is 0.324. The van der Waals surface area contributed by atoms with Gasteiger partial charge in [-0.3, -0.25) is 0 Å². The van der Waals surface area contributed by atoms with Gasteiger partial charge < -0.3 is 5.73 Å². The lowest BCUT2D eigenvalue weighted by atomic mass is 9.67. The highest BCUT2D eigenvalue weighted by molar-refractivity contribution is 5.40. The number of nitrogen functional groups attached to an aromatic ring is 1. The first-order valence-corrected chi connectivity index (χ1v) is 9.85. The lowest BCUT2D eigenvalue weighted by molar-refractivity contribution is 0.198. The Kier molecular flexibility index (Phi) is 6.19. The predicted molar refractivity (Wildman–Crippen MR) is 100 cm³/mol. The highest BCUT2D eigenvalue weighted by Gasteiger charge is 2.31. The third kappa shape index (κ3) is 5.12. The summed E-state index contributed by atoms with van der Waals surface area (Å²) < 4.78 is 0. The molecule has 2 aliphatic carbocycles. The molecule has 1 fully saturated rings. The van der Waals surface area contributed by atoms with Crippen LogP contribution in [-0.2, 0) is 6.42 Å². The minimum atomic E-state index is 0.896. The van der Waals surface area contributed by atoms with Crippen LogP contribution in [0.15, 0.2) is 35.9 Å². The van der Waals surface area contributed by atoms with Crippen LogP contribution < -0.4 is 5.73 Å². The molecule has 0 saturated heterocycles. The SMILES string of the molecule is Nc1cccc(CCCCCCCCC2=CC3CC[C@@H]3CC2)c1. The third-order valence-corrected chi connectivity index (χ3v) is 5.93. The number of allylic oxidation sites excluding steroid dienone is 2. The van der Waals surface area contributed by atoms with Crippen LogP contribution >= 0.6 is 0 Å². The number of hydrogen-bond acceptors (Lipinski definition) is 1. The van der Waals surface area contributed by atoms with Gasteiger partial charge in [0.25, 0.3) is 0 Å². The van der Waals surface area contributed by atoms with E-state index in [2.05, 4.69) is 24.3 Å². The lowest BCUT2D eigenvalue weighted by Gasteiger charge is -2.39. The summed E-state index contributed by atoms with van der Waals surface area (Å²) in [6.45, 7) is 0. The Morgan fingerprint density at radius 2 is 1.65 bits per heavy atom. The highest BCUT2D eigenvalue weighted by Crippen LogP contribution is 2.44. The van der Waals surface area contributed by atoms with E-state index in [-0.39, 0.29) is 0 Å². The molecule has 1 heteroatoms. The maximum Gasteiger partial charge on any atom is 0.0316 e. The van der Waals surface area contributed by atoms with E-state index in [9.17, 15) is 0 Å². The molecule has 1 saturated carbocycles. The van der Waals surface area contributed by atoms with Gasteiger partial charge in [0, 0.05) is 5.69 Å². The van der Waals surface area contributed by atoms with Crippen molar-refractivity contribution < 1.29 is 0 Å². The molecule has 0 aliphatic heterocycles. The van der Waals surface area contributed by atoms with Gasteiger partial charge in [0.2, 0.25) is 0 Å². The van der Waals surface area contributed by atoms with Crippen molar-refractivity contribution in [2.75, 3.05) is 5.73 Å². The van der Waals surface area contributed by atoms with Crippen molar-refractivity contribution in [1.82, 2.24) is 0 Å². The Bertz CT molecular complexity index is 516. The average Bonchev–Trinajstić information content (AvgIpc) is 2.52. The van der Waals surface area contributed by atoms with E-state index in [1.165, 1.54) is 82.6 Å². The van der Waals surface area contributed by atoms with Crippen LogP contribution in [0.5, 0.6) is 0 Å². The van der Waals surface area contributed by atoms with Crippen molar-refractivity contribution in [3.05, 3.63) is 41.5 Å². The molecule has 0 radical (unpaired) electrons. The molecule has 1 aromatic carbocycles. The fourth-order valence-electron chi connectivity index (χ4n) is 4.27. The number of rotatable bonds is 9. The zero-order valence-corrected chi connectivity index (χ0v) is 14.6. The largest absolute Gasteiger partial charge is 0.399 e. The molecule has 0 bridgehead atoms. The fourth-order valence-corrected chi connectivity index (χ4v) is 4.27. The Labute approximate surface area is 142 Å². The normalized spacial score (nSPS) is 23.0. The molecule has 1 unspecified atom stereocenters. The summed E-state index contributed by atoms with van der Waals surface area (Å²) >= 11 is 0. The van der Waals surface area contributed by atoms with Gasteiger partial charge in [-0.25, -0.2) is 0 Å². The summed E-state index contributed by atoms with van der Waals surface area (Å²) in [4.78, 5) is 0. The van der Waals surface area contributed by atoms with Crippen LogP contribution in [0.3, 0.4) is 0 Å². The van der Waals surface area contributed by atoms with Crippen molar-refractivity contribution >= 4 is 5.69 Å². The van der Waals surface area contributed by atoms with E-state index in [1.54, 1.807) is 5.57 Å². The number of fused-ring (bicyclic) bond motifs is 1. The van der Waals surface area contributed by atoms with Gasteiger partial charge in [0.15, 0.2) is 0 Å². The number of unbranched alkanes of at least 4 members (excludes halogenated alkanes) is 5. The van der Waals surface area contributed by atoms with Gasteiger partial charge in [0.05, 0.1) is 0 Å². The summed E-state index contributed by atoms with van der Waals surface area (Å²) in [7, 11) is 0. The Morgan fingerprint density at radius 1 is 0.870 bits per heavy atom. The zero-order chi connectivity index (χ0) is 15.9. The predicted octanol–water partition coefficient (Wildman–Crippen LogP) is 6.29. The molecule has 126 valence electrons. The summed E-state index contributed by atoms with van der Waals surface area (Å²) in [5.41, 5.74) is 9.89. The van der Waals surface area contributed by atoms with E-state index < -0.39 is 0 Å². The molecule has 0 amide bonds. The summed E-state index contributed by atoms with van der Waals surface area (Å²) in [5, 5.41) is 0. The van der Waals surface area contributed by atoms with Crippen LogP contribution in [0.2, 0.25) is 0 Å². The van der Waals surface area contributed by atoms with Gasteiger partial charge in [-0.05, 0) is 80.9 Å². The van der Waals surface area contributed by atoms with Crippen molar-refractivity contribution in [2.45, 2.75) is 77.0 Å². The Morgan fingerprint density at radius 3 is 2.35 bits per heavy atom. The second-order valence-electron chi connectivity index (χ2n) is 7.73. The average molecular weight is 312 g/mol. The maximum atomic E-state index is 5.82. The molecule has 0 heterocycles. The van der Waals surface area contributed by atoms with E-state index in [1.807, 2.05) is 6.07 Å². The summed E-state index contributed by atoms with van der Waals surface area (Å²) in [6.07, 6.45) is 19.4. The van der Waals surface area contributed by atoms with Crippen molar-refractivity contribution in [2.24, 2.45) is 11.8 Å². The number of hydrogen-bond donors (Lipinski definition) is 1. The van der Waals surface area contributed by atoms with Crippen LogP contribution in [0, 0.1) is 11.8 Å². The van der Waals surface area contributed by atoms with Gasteiger partial charge in [0.1, 0.15) is 0 Å². The monoisotopic (exact) mass is 311 g/mol. The fraction of sp³-hybridized carbons (Fsp3) is 0.636. The van der Waals surface area contributed by atoms with Gasteiger partial charge in [-0.1, -0.05) is 49.5 Å². The molecular weight excluding hydrogens is 278 g/mol. The van der Waals surface area contributed by atoms with E-state index in [0.29, 0.717) is 0 Å². The van der Waals surface area contributed by atoms with Gasteiger partial charge >= 0.3 is 0 Å². The first-order valence-electron chi connectivity index (χ1n) is 9.85. The molecule has 0 spiro atoms. The molecule has 2 atom stereocenters. The summed E-state index contributed by atoms with van der Waals surface area (Å²) in [5.74, 6) is 2.05. The molecular formula is C22H33N. The lowest BCUT2D eigenvalue weighted by Crippen LogP contribution is -2.27. The molecule has 3 rings (SSSR count). The highest BCUT2D eigenvalue weighted by atomic mass is 14.5. The number of aryl methyl sites for hydroxylation is 1. The first kappa shape index (κ1) is 16.6. The number of nitrogens with two attached hydrogens (primary N) is 1. The molecule has 2 aliphatic rings.